The van der Waals surface area contributed by atoms with Crippen LogP contribution >= 0.6 is 11.6 Å². The highest BCUT2D eigenvalue weighted by Crippen LogP contribution is 2.29. The van der Waals surface area contributed by atoms with E-state index in [1.54, 1.807) is 7.11 Å². The van der Waals surface area contributed by atoms with Gasteiger partial charge in [-0.1, -0.05) is 23.7 Å². The fourth-order valence-corrected chi connectivity index (χ4v) is 3.09. The van der Waals surface area contributed by atoms with Gasteiger partial charge in [-0.05, 0) is 50.5 Å². The van der Waals surface area contributed by atoms with Crippen molar-refractivity contribution in [3.05, 3.63) is 52.8 Å². The van der Waals surface area contributed by atoms with Crippen LogP contribution in [0.15, 0.2) is 36.5 Å². The molecule has 2 atom stereocenters. The first-order chi connectivity index (χ1) is 11.1. The number of nitrogens with zero attached hydrogens (tertiary/aromatic N) is 2. The Morgan fingerprint density at radius 2 is 1.91 bits per heavy atom. The lowest BCUT2D eigenvalue weighted by Crippen LogP contribution is -2.27. The molecule has 2 aromatic rings. The van der Waals surface area contributed by atoms with Gasteiger partial charge in [0, 0.05) is 42.6 Å². The summed E-state index contributed by atoms with van der Waals surface area (Å²) in [7, 11) is 1.70. The molecular weight excluding hydrogens is 312 g/mol. The Bertz CT molecular complexity index is 595. The number of benzene rings is 1. The van der Waals surface area contributed by atoms with Crippen LogP contribution in [0.2, 0.25) is 5.02 Å². The van der Waals surface area contributed by atoms with Crippen LogP contribution < -0.4 is 0 Å². The van der Waals surface area contributed by atoms with Gasteiger partial charge in [0.05, 0.1) is 6.10 Å². The Morgan fingerprint density at radius 1 is 1.22 bits per heavy atom. The molecule has 23 heavy (non-hydrogen) atoms. The molecule has 0 radical (unpaired) electrons. The lowest BCUT2D eigenvalue weighted by atomic mass is 9.89. The van der Waals surface area contributed by atoms with Crippen molar-refractivity contribution in [3.63, 3.8) is 0 Å². The summed E-state index contributed by atoms with van der Waals surface area (Å²) in [5.74, 6) is 0.123. The molecule has 0 amide bonds. The van der Waals surface area contributed by atoms with Crippen molar-refractivity contribution in [3.8, 4) is 0 Å². The fraction of sp³-hybridized carbons (Fsp3) is 0.500. The van der Waals surface area contributed by atoms with Gasteiger partial charge < -0.3 is 9.84 Å². The van der Waals surface area contributed by atoms with E-state index in [9.17, 15) is 5.11 Å². The number of halogens is 1. The van der Waals surface area contributed by atoms with Gasteiger partial charge in [-0.25, -0.2) is 0 Å². The van der Waals surface area contributed by atoms with Crippen molar-refractivity contribution in [2.45, 2.75) is 44.8 Å². The number of rotatable bonds is 8. The SMILES string of the molecule is COC(CCO)C(Cc1ccc(Cl)cc1)c1ccnn1C(C)C. The van der Waals surface area contributed by atoms with Crippen LogP contribution in [0.4, 0.5) is 0 Å². The molecule has 1 heterocycles. The van der Waals surface area contributed by atoms with Crippen molar-refractivity contribution in [2.24, 2.45) is 0 Å². The van der Waals surface area contributed by atoms with E-state index in [1.165, 1.54) is 5.56 Å². The molecule has 0 aliphatic heterocycles. The van der Waals surface area contributed by atoms with Crippen LogP contribution in [0.1, 0.15) is 43.5 Å². The zero-order chi connectivity index (χ0) is 16.8. The van der Waals surface area contributed by atoms with Gasteiger partial charge in [0.25, 0.3) is 0 Å². The van der Waals surface area contributed by atoms with E-state index in [1.807, 2.05) is 41.2 Å². The van der Waals surface area contributed by atoms with Gasteiger partial charge in [0.2, 0.25) is 0 Å². The summed E-state index contributed by atoms with van der Waals surface area (Å²) in [4.78, 5) is 0. The number of aliphatic hydroxyl groups excluding tert-OH is 1. The Labute approximate surface area is 143 Å². The standard InChI is InChI=1S/C18H25ClN2O2/c1-13(2)21-17(8-10-20-21)16(18(23-3)9-11-22)12-14-4-6-15(19)7-5-14/h4-8,10,13,16,18,22H,9,11-12H2,1-3H3. The number of aromatic nitrogens is 2. The molecule has 1 aromatic heterocycles. The predicted octanol–water partition coefficient (Wildman–Crippen LogP) is 3.84. The molecule has 0 spiro atoms. The highest BCUT2D eigenvalue weighted by atomic mass is 35.5. The summed E-state index contributed by atoms with van der Waals surface area (Å²) in [6.07, 6.45) is 3.17. The Hall–Kier alpha value is -1.36. The van der Waals surface area contributed by atoms with Crippen LogP contribution in [0.5, 0.6) is 0 Å². The molecule has 0 aliphatic carbocycles. The molecule has 1 N–H and O–H groups in total. The maximum absolute atomic E-state index is 9.38. The van der Waals surface area contributed by atoms with Gasteiger partial charge in [0.1, 0.15) is 0 Å². The molecular formula is C18H25ClN2O2. The summed E-state index contributed by atoms with van der Waals surface area (Å²) < 4.78 is 7.71. The predicted molar refractivity (Wildman–Crippen MR) is 93.0 cm³/mol. The molecule has 0 fully saturated rings. The summed E-state index contributed by atoms with van der Waals surface area (Å²) in [6, 6.07) is 10.2. The van der Waals surface area contributed by atoms with Crippen LogP contribution in [0.3, 0.4) is 0 Å². The molecule has 0 bridgehead atoms. The van der Waals surface area contributed by atoms with E-state index in [-0.39, 0.29) is 24.7 Å². The molecule has 0 saturated heterocycles. The lowest BCUT2D eigenvalue weighted by Gasteiger charge is -2.27. The number of methoxy groups -OCH3 is 1. The normalized spacial score (nSPS) is 14.2. The first kappa shape index (κ1) is 18.0. The van der Waals surface area contributed by atoms with Gasteiger partial charge in [-0.3, -0.25) is 4.68 Å². The number of hydrogen-bond acceptors (Lipinski definition) is 3. The van der Waals surface area contributed by atoms with Crippen molar-refractivity contribution >= 4 is 11.6 Å². The minimum absolute atomic E-state index is 0.0649. The highest BCUT2D eigenvalue weighted by molar-refractivity contribution is 6.30. The topological polar surface area (TPSA) is 47.3 Å². The summed E-state index contributed by atoms with van der Waals surface area (Å²) in [5.41, 5.74) is 2.33. The molecule has 0 saturated carbocycles. The zero-order valence-corrected chi connectivity index (χ0v) is 14.7. The van der Waals surface area contributed by atoms with Gasteiger partial charge >= 0.3 is 0 Å². The molecule has 1 aromatic carbocycles. The largest absolute Gasteiger partial charge is 0.396 e. The summed E-state index contributed by atoms with van der Waals surface area (Å²) in [6.45, 7) is 4.33. The monoisotopic (exact) mass is 336 g/mol. The second-order valence-electron chi connectivity index (χ2n) is 6.02. The average molecular weight is 337 g/mol. The van der Waals surface area contributed by atoms with Crippen molar-refractivity contribution in [1.29, 1.82) is 0 Å². The Kier molecular flexibility index (Phi) is 6.63. The van der Waals surface area contributed by atoms with Crippen LogP contribution in [-0.4, -0.2) is 34.7 Å². The smallest absolute Gasteiger partial charge is 0.0679 e. The second kappa shape index (κ2) is 8.48. The molecule has 126 valence electrons. The van der Waals surface area contributed by atoms with Crippen LogP contribution in [-0.2, 0) is 11.2 Å². The van der Waals surface area contributed by atoms with E-state index in [0.717, 1.165) is 17.1 Å². The van der Waals surface area contributed by atoms with Gasteiger partial charge in [-0.15, -0.1) is 0 Å². The number of hydrogen-bond donors (Lipinski definition) is 1. The zero-order valence-electron chi connectivity index (χ0n) is 13.9. The van der Waals surface area contributed by atoms with Crippen LogP contribution in [0.25, 0.3) is 0 Å². The number of aliphatic hydroxyl groups is 1. The molecule has 2 unspecified atom stereocenters. The quantitative estimate of drug-likeness (QED) is 0.796. The maximum atomic E-state index is 9.38. The van der Waals surface area contributed by atoms with E-state index in [4.69, 9.17) is 16.3 Å². The third kappa shape index (κ3) is 4.56. The first-order valence-corrected chi connectivity index (χ1v) is 8.36. The van der Waals surface area contributed by atoms with Crippen molar-refractivity contribution in [2.75, 3.05) is 13.7 Å². The van der Waals surface area contributed by atoms with E-state index in [2.05, 4.69) is 18.9 Å². The summed E-state index contributed by atoms with van der Waals surface area (Å²) in [5, 5.41) is 14.6. The third-order valence-corrected chi connectivity index (χ3v) is 4.36. The highest BCUT2D eigenvalue weighted by Gasteiger charge is 2.27. The van der Waals surface area contributed by atoms with E-state index < -0.39 is 0 Å². The molecule has 0 aliphatic rings. The minimum Gasteiger partial charge on any atom is -0.396 e. The average Bonchev–Trinajstić information content (AvgIpc) is 3.02. The minimum atomic E-state index is -0.0649. The second-order valence-corrected chi connectivity index (χ2v) is 6.45. The Balaban J connectivity index is 2.34. The van der Waals surface area contributed by atoms with E-state index >= 15 is 0 Å². The first-order valence-electron chi connectivity index (χ1n) is 7.98. The van der Waals surface area contributed by atoms with Crippen molar-refractivity contribution in [1.82, 2.24) is 9.78 Å². The van der Waals surface area contributed by atoms with Gasteiger partial charge in [0.15, 0.2) is 0 Å². The lowest BCUT2D eigenvalue weighted by molar-refractivity contribution is 0.0535. The third-order valence-electron chi connectivity index (χ3n) is 4.10. The van der Waals surface area contributed by atoms with E-state index in [0.29, 0.717) is 6.42 Å². The summed E-state index contributed by atoms with van der Waals surface area (Å²) >= 11 is 5.98. The Morgan fingerprint density at radius 3 is 2.48 bits per heavy atom. The molecule has 5 heteroatoms. The molecule has 4 nitrogen and oxygen atoms in total. The molecule has 2 rings (SSSR count). The maximum Gasteiger partial charge on any atom is 0.0679 e. The van der Waals surface area contributed by atoms with Crippen molar-refractivity contribution < 1.29 is 9.84 Å². The fourth-order valence-electron chi connectivity index (χ4n) is 2.96. The number of ether oxygens (including phenoxy) is 1. The van der Waals surface area contributed by atoms with Gasteiger partial charge in [-0.2, -0.15) is 5.10 Å². The van der Waals surface area contributed by atoms with Crippen LogP contribution in [0, 0.1) is 0 Å².